The van der Waals surface area contributed by atoms with Gasteiger partial charge in [0.2, 0.25) is 0 Å². The fourth-order valence-corrected chi connectivity index (χ4v) is 2.62. The molecule has 1 fully saturated rings. The van der Waals surface area contributed by atoms with Gasteiger partial charge in [0.05, 0.1) is 0 Å². The van der Waals surface area contributed by atoms with Crippen molar-refractivity contribution in [2.24, 2.45) is 0 Å². The van der Waals surface area contributed by atoms with Crippen molar-refractivity contribution in [3.63, 3.8) is 0 Å². The summed E-state index contributed by atoms with van der Waals surface area (Å²) in [6.45, 7) is 1.71. The summed E-state index contributed by atoms with van der Waals surface area (Å²) in [7, 11) is 2.07. The van der Waals surface area contributed by atoms with Crippen LogP contribution in [0.3, 0.4) is 0 Å². The zero-order valence-corrected chi connectivity index (χ0v) is 9.64. The summed E-state index contributed by atoms with van der Waals surface area (Å²) in [4.78, 5) is 6.46. The largest absolute Gasteiger partial charge is 0.381 e. The molecule has 5 heteroatoms. The predicted molar refractivity (Wildman–Crippen MR) is 59.4 cm³/mol. The highest BCUT2D eigenvalue weighted by Crippen LogP contribution is 2.26. The van der Waals surface area contributed by atoms with Crippen molar-refractivity contribution >= 4 is 28.1 Å². The number of aromatic nitrogens is 1. The van der Waals surface area contributed by atoms with E-state index in [0.29, 0.717) is 11.2 Å². The summed E-state index contributed by atoms with van der Waals surface area (Å²) in [6.07, 6.45) is 2.15. The van der Waals surface area contributed by atoms with Crippen molar-refractivity contribution in [2.75, 3.05) is 25.2 Å². The van der Waals surface area contributed by atoms with Gasteiger partial charge in [-0.15, -0.1) is 11.3 Å². The van der Waals surface area contributed by atoms with Gasteiger partial charge in [0, 0.05) is 31.7 Å². The number of hydrogen-bond donors (Lipinski definition) is 0. The van der Waals surface area contributed by atoms with E-state index in [4.69, 9.17) is 16.3 Å². The quantitative estimate of drug-likeness (QED) is 0.783. The fraction of sp³-hybridized carbons (Fsp3) is 0.667. The zero-order chi connectivity index (χ0) is 9.97. The molecule has 3 nitrogen and oxygen atoms in total. The Balaban J connectivity index is 2.03. The van der Waals surface area contributed by atoms with Crippen LogP contribution in [0.25, 0.3) is 0 Å². The molecule has 0 saturated carbocycles. The third-order valence-corrected chi connectivity index (χ3v) is 3.76. The Morgan fingerprint density at radius 2 is 2.29 bits per heavy atom. The highest BCUT2D eigenvalue weighted by molar-refractivity contribution is 7.14. The lowest BCUT2D eigenvalue weighted by Crippen LogP contribution is -2.36. The number of thiazole rings is 1. The van der Waals surface area contributed by atoms with Crippen LogP contribution in [0.5, 0.6) is 0 Å². The number of nitrogens with zero attached hydrogens (tertiary/aromatic N) is 2. The van der Waals surface area contributed by atoms with Crippen LogP contribution < -0.4 is 4.90 Å². The number of halogens is 1. The van der Waals surface area contributed by atoms with Gasteiger partial charge in [0.1, 0.15) is 5.15 Å². The van der Waals surface area contributed by atoms with Crippen LogP contribution in [0.1, 0.15) is 12.8 Å². The van der Waals surface area contributed by atoms with E-state index >= 15 is 0 Å². The van der Waals surface area contributed by atoms with Crippen LogP contribution >= 0.6 is 22.9 Å². The first kappa shape index (κ1) is 10.2. The molecule has 0 spiro atoms. The van der Waals surface area contributed by atoms with Crippen molar-refractivity contribution in [1.29, 1.82) is 0 Å². The maximum absolute atomic E-state index is 5.79. The standard InChI is InChI=1S/C9H13ClN2OS/c1-12(7-2-4-13-5-3-7)9-11-8(10)6-14-9/h6-7H,2-5H2,1H3. The van der Waals surface area contributed by atoms with Crippen LogP contribution in [0, 0.1) is 0 Å². The molecule has 1 aromatic rings. The van der Waals surface area contributed by atoms with Crippen molar-refractivity contribution in [3.05, 3.63) is 10.5 Å². The first-order chi connectivity index (χ1) is 6.77. The Kier molecular flexibility index (Phi) is 3.26. The highest BCUT2D eigenvalue weighted by atomic mass is 35.5. The van der Waals surface area contributed by atoms with Gasteiger partial charge in [0.15, 0.2) is 5.13 Å². The minimum absolute atomic E-state index is 0.547. The molecule has 0 aromatic carbocycles. The van der Waals surface area contributed by atoms with Crippen molar-refractivity contribution in [3.8, 4) is 0 Å². The molecule has 2 rings (SSSR count). The van der Waals surface area contributed by atoms with Gasteiger partial charge in [-0.1, -0.05) is 11.6 Å². The minimum atomic E-state index is 0.547. The predicted octanol–water partition coefficient (Wildman–Crippen LogP) is 2.41. The summed E-state index contributed by atoms with van der Waals surface area (Å²) >= 11 is 7.38. The Bertz CT molecular complexity index is 299. The molecule has 1 aromatic heterocycles. The maximum atomic E-state index is 5.79. The summed E-state index contributed by atoms with van der Waals surface area (Å²) < 4.78 is 5.32. The van der Waals surface area contributed by atoms with Gasteiger partial charge < -0.3 is 9.64 Å². The minimum Gasteiger partial charge on any atom is -0.381 e. The van der Waals surface area contributed by atoms with Gasteiger partial charge in [-0.2, -0.15) is 0 Å². The molecule has 0 atom stereocenters. The molecular weight excluding hydrogens is 220 g/mol. The first-order valence-corrected chi connectivity index (χ1v) is 5.95. The molecule has 1 aliphatic heterocycles. The lowest BCUT2D eigenvalue weighted by molar-refractivity contribution is 0.0855. The second-order valence-corrected chi connectivity index (χ2v) is 4.63. The van der Waals surface area contributed by atoms with Crippen LogP contribution in [0.4, 0.5) is 5.13 Å². The SMILES string of the molecule is CN(c1nc(Cl)cs1)C1CCOCC1. The third kappa shape index (κ3) is 2.19. The number of ether oxygens (including phenoxy) is 1. The van der Waals surface area contributed by atoms with Gasteiger partial charge in [-0.05, 0) is 12.8 Å². The molecule has 1 saturated heterocycles. The third-order valence-electron chi connectivity index (χ3n) is 2.50. The summed E-state index contributed by atoms with van der Waals surface area (Å²) in [6, 6.07) is 0.547. The molecule has 0 N–H and O–H groups in total. The van der Waals surface area contributed by atoms with Crippen LogP contribution in [-0.2, 0) is 4.74 Å². The molecule has 2 heterocycles. The van der Waals surface area contributed by atoms with Crippen molar-refractivity contribution in [2.45, 2.75) is 18.9 Å². The smallest absolute Gasteiger partial charge is 0.186 e. The summed E-state index contributed by atoms with van der Waals surface area (Å²) in [5.41, 5.74) is 0. The summed E-state index contributed by atoms with van der Waals surface area (Å²) in [5.74, 6) is 0. The van der Waals surface area contributed by atoms with Crippen LogP contribution in [-0.4, -0.2) is 31.3 Å². The molecule has 1 aliphatic rings. The molecule has 0 radical (unpaired) electrons. The van der Waals surface area contributed by atoms with E-state index in [1.54, 1.807) is 11.3 Å². The van der Waals surface area contributed by atoms with Gasteiger partial charge in [-0.3, -0.25) is 0 Å². The average Bonchev–Trinajstić information content (AvgIpc) is 2.65. The monoisotopic (exact) mass is 232 g/mol. The molecular formula is C9H13ClN2OS. The molecule has 78 valence electrons. The number of rotatable bonds is 2. The van der Waals surface area contributed by atoms with E-state index in [9.17, 15) is 0 Å². The van der Waals surface area contributed by atoms with Crippen molar-refractivity contribution in [1.82, 2.24) is 4.98 Å². The van der Waals surface area contributed by atoms with Gasteiger partial charge in [0.25, 0.3) is 0 Å². The number of anilines is 1. The van der Waals surface area contributed by atoms with Crippen LogP contribution in [0.2, 0.25) is 5.15 Å². The molecule has 0 bridgehead atoms. The summed E-state index contributed by atoms with van der Waals surface area (Å²) in [5, 5.41) is 3.46. The topological polar surface area (TPSA) is 25.4 Å². The van der Waals surface area contributed by atoms with E-state index < -0.39 is 0 Å². The molecule has 14 heavy (non-hydrogen) atoms. The second-order valence-electron chi connectivity index (χ2n) is 3.41. The second kappa shape index (κ2) is 4.47. The normalized spacial score (nSPS) is 18.4. The van der Waals surface area contributed by atoms with E-state index in [2.05, 4.69) is 16.9 Å². The lowest BCUT2D eigenvalue weighted by atomic mass is 10.1. The molecule has 0 aliphatic carbocycles. The Morgan fingerprint density at radius 3 is 2.86 bits per heavy atom. The Hall–Kier alpha value is -0.320. The first-order valence-electron chi connectivity index (χ1n) is 4.69. The van der Waals surface area contributed by atoms with Crippen molar-refractivity contribution < 1.29 is 4.74 Å². The average molecular weight is 233 g/mol. The Labute approximate surface area is 92.7 Å². The van der Waals surface area contributed by atoms with Gasteiger partial charge in [-0.25, -0.2) is 4.98 Å². The number of hydrogen-bond acceptors (Lipinski definition) is 4. The van der Waals surface area contributed by atoms with Gasteiger partial charge >= 0.3 is 0 Å². The zero-order valence-electron chi connectivity index (χ0n) is 8.07. The Morgan fingerprint density at radius 1 is 1.57 bits per heavy atom. The fourth-order valence-electron chi connectivity index (χ4n) is 1.64. The van der Waals surface area contributed by atoms with E-state index in [0.717, 1.165) is 31.2 Å². The lowest BCUT2D eigenvalue weighted by Gasteiger charge is -2.30. The van der Waals surface area contributed by atoms with E-state index in [-0.39, 0.29) is 0 Å². The molecule has 0 amide bonds. The molecule has 0 unspecified atom stereocenters. The van der Waals surface area contributed by atoms with Crippen LogP contribution in [0.15, 0.2) is 5.38 Å². The maximum Gasteiger partial charge on any atom is 0.186 e. The van der Waals surface area contributed by atoms with E-state index in [1.807, 2.05) is 5.38 Å². The highest BCUT2D eigenvalue weighted by Gasteiger charge is 2.20. The van der Waals surface area contributed by atoms with E-state index in [1.165, 1.54) is 0 Å².